The molecule has 43 heavy (non-hydrogen) atoms. The van der Waals surface area contributed by atoms with Crippen LogP contribution in [0.1, 0.15) is 27.6 Å². The highest BCUT2D eigenvalue weighted by molar-refractivity contribution is 8.01. The lowest BCUT2D eigenvalue weighted by Gasteiger charge is -2.17. The minimum Gasteiger partial charge on any atom is -0.462 e. The number of alkyl halides is 5. The minimum absolute atomic E-state index is 0.0139. The van der Waals surface area contributed by atoms with Crippen molar-refractivity contribution in [2.75, 3.05) is 18.6 Å². The number of ether oxygens (including phenoxy) is 2. The fourth-order valence-electron chi connectivity index (χ4n) is 3.84. The highest BCUT2D eigenvalue weighted by atomic mass is 35.5. The Hall–Kier alpha value is -4.23. The van der Waals surface area contributed by atoms with E-state index in [1.54, 1.807) is 23.5 Å². The van der Waals surface area contributed by atoms with Crippen LogP contribution in [0.15, 0.2) is 71.8 Å². The number of amides is 1. The molecular formula is C29H20ClF5N2O5S. The molecule has 0 aliphatic heterocycles. The van der Waals surface area contributed by atoms with Crippen LogP contribution in [0.25, 0.3) is 22.0 Å². The van der Waals surface area contributed by atoms with Gasteiger partial charge < -0.3 is 14.8 Å². The van der Waals surface area contributed by atoms with Gasteiger partial charge in [-0.05, 0) is 48.9 Å². The second kappa shape index (κ2) is 13.4. The number of pyridine rings is 1. The Morgan fingerprint density at radius 2 is 1.70 bits per heavy atom. The molecule has 224 valence electrons. The van der Waals surface area contributed by atoms with E-state index in [-0.39, 0.29) is 50.5 Å². The van der Waals surface area contributed by atoms with Crippen molar-refractivity contribution in [3.8, 4) is 16.9 Å². The van der Waals surface area contributed by atoms with Gasteiger partial charge in [0.2, 0.25) is 0 Å². The van der Waals surface area contributed by atoms with Gasteiger partial charge in [-0.1, -0.05) is 42.1 Å². The summed E-state index contributed by atoms with van der Waals surface area (Å²) in [6.07, 6.45) is -5.10. The fourth-order valence-corrected chi connectivity index (χ4v) is 4.85. The molecule has 1 aromatic heterocycles. The molecule has 1 atom stereocenters. The summed E-state index contributed by atoms with van der Waals surface area (Å²) in [7, 11) is 0. The van der Waals surface area contributed by atoms with Crippen molar-refractivity contribution in [1.82, 2.24) is 4.98 Å². The second-order valence-electron chi connectivity index (χ2n) is 8.66. The molecule has 0 aliphatic rings. The summed E-state index contributed by atoms with van der Waals surface area (Å²) in [6, 6.07) is 14.8. The van der Waals surface area contributed by atoms with E-state index < -0.39 is 47.0 Å². The Morgan fingerprint density at radius 1 is 1.02 bits per heavy atom. The van der Waals surface area contributed by atoms with Gasteiger partial charge in [0.05, 0.1) is 17.7 Å². The smallest absolute Gasteiger partial charge is 0.462 e. The summed E-state index contributed by atoms with van der Waals surface area (Å²) in [5.74, 6) is -5.29. The van der Waals surface area contributed by atoms with Crippen LogP contribution >= 0.6 is 23.4 Å². The van der Waals surface area contributed by atoms with Crippen LogP contribution in [0.2, 0.25) is 0 Å². The third kappa shape index (κ3) is 7.41. The standard InChI is InChI=1S/C29H20ClF5N2O5S/c1-2-41-27(39)23-24(42-26(38)16-6-4-3-5-7-16)19-12-20(32)18(13-21(19)37-25(23)43-22(30)14-31)15-8-10-17(11-9-15)36-28(40)29(33,34)35/h3-13,22H,2,14H2,1H3,(H,36,40). The number of esters is 2. The van der Waals surface area contributed by atoms with Crippen LogP contribution in [0.5, 0.6) is 5.75 Å². The maximum atomic E-state index is 15.6. The lowest BCUT2D eigenvalue weighted by Crippen LogP contribution is -2.29. The second-order valence-corrected chi connectivity index (χ2v) is 10.6. The summed E-state index contributed by atoms with van der Waals surface area (Å²) in [5.41, 5.74) is -0.291. The van der Waals surface area contributed by atoms with Crippen LogP contribution in [0.3, 0.4) is 0 Å². The highest BCUT2D eigenvalue weighted by Crippen LogP contribution is 2.41. The van der Waals surface area contributed by atoms with Crippen molar-refractivity contribution in [3.05, 3.63) is 83.7 Å². The van der Waals surface area contributed by atoms with Crippen LogP contribution in [-0.2, 0) is 9.53 Å². The number of anilines is 1. The molecule has 14 heteroatoms. The first-order valence-electron chi connectivity index (χ1n) is 12.4. The zero-order valence-electron chi connectivity index (χ0n) is 22.0. The summed E-state index contributed by atoms with van der Waals surface area (Å²) in [6.45, 7) is 0.443. The molecule has 0 radical (unpaired) electrons. The lowest BCUT2D eigenvalue weighted by atomic mass is 10.0. The number of carbonyl (C=O) groups excluding carboxylic acids is 3. The Balaban J connectivity index is 1.87. The molecule has 1 amide bonds. The molecular weight excluding hydrogens is 619 g/mol. The van der Waals surface area contributed by atoms with E-state index in [0.29, 0.717) is 11.8 Å². The van der Waals surface area contributed by atoms with Crippen LogP contribution in [0.4, 0.5) is 27.6 Å². The number of aromatic nitrogens is 1. The number of nitrogens with zero attached hydrogens (tertiary/aromatic N) is 1. The topological polar surface area (TPSA) is 94.6 Å². The van der Waals surface area contributed by atoms with Gasteiger partial charge in [0, 0.05) is 16.6 Å². The number of nitrogens with one attached hydrogen (secondary N) is 1. The molecule has 0 spiro atoms. The van der Waals surface area contributed by atoms with Gasteiger partial charge in [-0.2, -0.15) is 13.2 Å². The van der Waals surface area contributed by atoms with Crippen LogP contribution in [-0.4, -0.2) is 47.0 Å². The molecule has 7 nitrogen and oxygen atoms in total. The number of hydrogen-bond donors (Lipinski definition) is 1. The van der Waals surface area contributed by atoms with Crippen LogP contribution < -0.4 is 10.1 Å². The van der Waals surface area contributed by atoms with E-state index in [0.717, 1.165) is 18.2 Å². The summed E-state index contributed by atoms with van der Waals surface area (Å²) in [4.78, 5) is 41.7. The third-order valence-corrected chi connectivity index (χ3v) is 7.03. The zero-order chi connectivity index (χ0) is 31.3. The number of halogens is 6. The first-order valence-corrected chi connectivity index (χ1v) is 13.7. The molecule has 1 N–H and O–H groups in total. The maximum Gasteiger partial charge on any atom is 0.471 e. The summed E-state index contributed by atoms with van der Waals surface area (Å²) < 4.78 is 76.3. The zero-order valence-corrected chi connectivity index (χ0v) is 23.6. The molecule has 1 heterocycles. The van der Waals surface area contributed by atoms with Crippen LogP contribution in [0, 0.1) is 5.82 Å². The highest BCUT2D eigenvalue weighted by Gasteiger charge is 2.38. The first kappa shape index (κ1) is 31.7. The molecule has 4 rings (SSSR count). The average Bonchev–Trinajstić information content (AvgIpc) is 2.97. The molecule has 4 aromatic rings. The molecule has 0 aliphatic carbocycles. The molecule has 0 fully saturated rings. The maximum absolute atomic E-state index is 15.6. The van der Waals surface area contributed by atoms with E-state index in [1.165, 1.54) is 37.3 Å². The Kier molecular flexibility index (Phi) is 9.87. The normalized spacial score (nSPS) is 12.1. The van der Waals surface area contributed by atoms with E-state index in [4.69, 9.17) is 21.1 Å². The first-order chi connectivity index (χ1) is 20.4. The molecule has 0 bridgehead atoms. The fraction of sp³-hybridized carbons (Fsp3) is 0.172. The van der Waals surface area contributed by atoms with Crippen molar-refractivity contribution in [1.29, 1.82) is 0 Å². The van der Waals surface area contributed by atoms with Gasteiger partial charge in [0.1, 0.15) is 27.8 Å². The largest absolute Gasteiger partial charge is 0.471 e. The van der Waals surface area contributed by atoms with Gasteiger partial charge in [0.25, 0.3) is 0 Å². The van der Waals surface area contributed by atoms with Gasteiger partial charge in [-0.15, -0.1) is 11.6 Å². The van der Waals surface area contributed by atoms with E-state index in [9.17, 15) is 31.9 Å². The Bertz CT molecular complexity index is 1670. The van der Waals surface area contributed by atoms with E-state index in [2.05, 4.69) is 4.98 Å². The van der Waals surface area contributed by atoms with Crippen molar-refractivity contribution in [2.24, 2.45) is 0 Å². The van der Waals surface area contributed by atoms with Crippen molar-refractivity contribution >= 4 is 57.8 Å². The molecule has 3 aromatic carbocycles. The predicted octanol–water partition coefficient (Wildman–Crippen LogP) is 7.56. The van der Waals surface area contributed by atoms with E-state index in [1.807, 2.05) is 0 Å². The molecule has 0 saturated carbocycles. The van der Waals surface area contributed by atoms with Gasteiger partial charge >= 0.3 is 24.0 Å². The number of benzene rings is 3. The Morgan fingerprint density at radius 3 is 2.30 bits per heavy atom. The quantitative estimate of drug-likeness (QED) is 0.0875. The SMILES string of the molecule is CCOC(=O)c1c(SC(Cl)CF)nc2cc(-c3ccc(NC(=O)C(F)(F)F)cc3)c(F)cc2c1OC(=O)c1ccccc1. The lowest BCUT2D eigenvalue weighted by molar-refractivity contribution is -0.167. The third-order valence-electron chi connectivity index (χ3n) is 5.75. The molecule has 0 saturated heterocycles. The van der Waals surface area contributed by atoms with E-state index >= 15 is 4.39 Å². The summed E-state index contributed by atoms with van der Waals surface area (Å²) in [5, 5.41) is 1.44. The minimum atomic E-state index is -5.10. The Labute approximate surface area is 250 Å². The molecule has 1 unspecified atom stereocenters. The van der Waals surface area contributed by atoms with Gasteiger partial charge in [-0.3, -0.25) is 4.79 Å². The van der Waals surface area contributed by atoms with Gasteiger partial charge in [0.15, 0.2) is 5.75 Å². The van der Waals surface area contributed by atoms with Gasteiger partial charge in [-0.25, -0.2) is 23.4 Å². The van der Waals surface area contributed by atoms with Crippen molar-refractivity contribution < 1.29 is 45.8 Å². The predicted molar refractivity (Wildman–Crippen MR) is 151 cm³/mol. The van der Waals surface area contributed by atoms with Crippen molar-refractivity contribution in [2.45, 2.75) is 22.8 Å². The average molecular weight is 639 g/mol. The number of fused-ring (bicyclic) bond motifs is 1. The number of thioether (sulfide) groups is 1. The number of carbonyl (C=O) groups is 3. The number of rotatable bonds is 9. The summed E-state index contributed by atoms with van der Waals surface area (Å²) >= 11 is 6.67. The number of hydrogen-bond acceptors (Lipinski definition) is 7. The monoisotopic (exact) mass is 638 g/mol. The van der Waals surface area contributed by atoms with Crippen molar-refractivity contribution in [3.63, 3.8) is 0 Å².